The van der Waals surface area contributed by atoms with E-state index in [9.17, 15) is 0 Å². The van der Waals surface area contributed by atoms with E-state index in [1.165, 1.54) is 65.2 Å². The fourth-order valence-electron chi connectivity index (χ4n) is 15.9. The van der Waals surface area contributed by atoms with E-state index in [0.29, 0.717) is 5.82 Å². The maximum absolute atomic E-state index is 5.76. The lowest BCUT2D eigenvalue weighted by Gasteiger charge is -2.18. The van der Waals surface area contributed by atoms with E-state index in [-0.39, 0.29) is 0 Å². The van der Waals surface area contributed by atoms with Crippen LogP contribution >= 0.6 is 0 Å². The Labute approximate surface area is 577 Å². The molecule has 0 aliphatic heterocycles. The molecule has 6 nitrogen and oxygen atoms in total. The van der Waals surface area contributed by atoms with Gasteiger partial charge in [-0.3, -0.25) is 0 Å². The van der Waals surface area contributed by atoms with Crippen LogP contribution in [-0.2, 0) is 0 Å². The van der Waals surface area contributed by atoms with E-state index in [4.69, 9.17) is 9.97 Å². The minimum Gasteiger partial charge on any atom is -0.309 e. The summed E-state index contributed by atoms with van der Waals surface area (Å²) in [6.07, 6.45) is 0. The first-order chi connectivity index (χ1) is 49.6. The summed E-state index contributed by atoms with van der Waals surface area (Å²) in [6.45, 7) is 0. The molecule has 0 radical (unpaired) electrons. The first-order valence-corrected chi connectivity index (χ1v) is 34.2. The van der Waals surface area contributed by atoms with Crippen LogP contribution in [0.4, 0.5) is 0 Å². The van der Waals surface area contributed by atoms with Crippen molar-refractivity contribution >= 4 is 87.2 Å². The Bertz CT molecular complexity index is 6240. The lowest BCUT2D eigenvalue weighted by Crippen LogP contribution is -2.00. The third-order valence-corrected chi connectivity index (χ3v) is 20.4. The molecule has 0 aliphatic carbocycles. The maximum Gasteiger partial charge on any atom is 0.160 e. The Balaban J connectivity index is 0.756. The summed E-state index contributed by atoms with van der Waals surface area (Å²) in [6, 6.07) is 132. The standard InChI is InChI=1S/C94H60N6/c1-5-24-61(25-6-1)73-40-23-41-74(62-26-7-2-8-27-62)93(73)84-60-83(67-28-21-34-71(54-67)99-85-42-17-13-36-75(85)79-50-46-65(58-91(79)99)63-48-52-89-81(56-63)77-38-15-19-44-87(77)97(89)69-30-9-3-10-31-69)95-94(96-84)68-29-22-35-72(55-68)100-86-43-18-14-37-76(86)80-51-47-66(59-92(80)100)64-49-53-90-82(57-64)78-39-16-20-45-88(78)98(90)70-32-11-4-12-33-70/h1-60H. The fourth-order valence-corrected chi connectivity index (χ4v) is 15.9. The second-order valence-electron chi connectivity index (χ2n) is 26.0. The summed E-state index contributed by atoms with van der Waals surface area (Å²) in [7, 11) is 0. The van der Waals surface area contributed by atoms with Gasteiger partial charge in [-0.25, -0.2) is 9.97 Å². The highest BCUT2D eigenvalue weighted by molar-refractivity contribution is 6.15. The molecule has 5 aromatic heterocycles. The van der Waals surface area contributed by atoms with E-state index < -0.39 is 0 Å². The van der Waals surface area contributed by atoms with E-state index in [2.05, 4.69) is 382 Å². The predicted molar refractivity (Wildman–Crippen MR) is 417 cm³/mol. The molecule has 466 valence electrons. The highest BCUT2D eigenvalue weighted by Gasteiger charge is 2.23. The Morgan fingerprint density at radius 3 is 0.960 bits per heavy atom. The number of aromatic nitrogens is 6. The third-order valence-electron chi connectivity index (χ3n) is 20.4. The molecule has 0 unspecified atom stereocenters. The molecule has 0 atom stereocenters. The van der Waals surface area contributed by atoms with Crippen molar-refractivity contribution in [1.82, 2.24) is 28.2 Å². The van der Waals surface area contributed by atoms with Crippen molar-refractivity contribution in [1.29, 1.82) is 0 Å². The van der Waals surface area contributed by atoms with Crippen molar-refractivity contribution in [3.05, 3.63) is 364 Å². The van der Waals surface area contributed by atoms with Crippen LogP contribution in [-0.4, -0.2) is 28.2 Å². The van der Waals surface area contributed by atoms with Crippen molar-refractivity contribution in [2.75, 3.05) is 0 Å². The molecular weight excluding hydrogens is 1210 g/mol. The summed E-state index contributed by atoms with van der Waals surface area (Å²) in [5.74, 6) is 0.622. The smallest absolute Gasteiger partial charge is 0.160 e. The van der Waals surface area contributed by atoms with Crippen LogP contribution in [0.2, 0.25) is 0 Å². The number of benzene rings is 15. The molecule has 0 bridgehead atoms. The molecule has 0 saturated carbocycles. The van der Waals surface area contributed by atoms with E-state index >= 15 is 0 Å². The minimum absolute atomic E-state index is 0.622. The van der Waals surface area contributed by atoms with Gasteiger partial charge in [0.1, 0.15) is 0 Å². The molecule has 100 heavy (non-hydrogen) atoms. The Hall–Kier alpha value is -13.4. The monoisotopic (exact) mass is 1270 g/mol. The quantitative estimate of drug-likeness (QED) is 0.130. The van der Waals surface area contributed by atoms with Gasteiger partial charge in [0.05, 0.1) is 55.5 Å². The molecule has 0 saturated heterocycles. The van der Waals surface area contributed by atoms with Gasteiger partial charge >= 0.3 is 0 Å². The molecule has 20 rings (SSSR count). The first-order valence-electron chi connectivity index (χ1n) is 34.2. The summed E-state index contributed by atoms with van der Waals surface area (Å²) in [5, 5.41) is 9.64. The van der Waals surface area contributed by atoms with Crippen LogP contribution in [0.25, 0.3) is 188 Å². The molecule has 20 aromatic rings. The highest BCUT2D eigenvalue weighted by Crippen LogP contribution is 2.45. The van der Waals surface area contributed by atoms with E-state index in [1.807, 2.05) is 0 Å². The number of para-hydroxylation sites is 6. The van der Waals surface area contributed by atoms with Crippen LogP contribution in [0.5, 0.6) is 0 Å². The fraction of sp³-hybridized carbons (Fsp3) is 0. The van der Waals surface area contributed by atoms with E-state index in [0.717, 1.165) is 117 Å². The van der Waals surface area contributed by atoms with Gasteiger partial charge in [-0.1, -0.05) is 249 Å². The number of rotatable bonds is 11. The Morgan fingerprint density at radius 2 is 0.490 bits per heavy atom. The van der Waals surface area contributed by atoms with Crippen LogP contribution in [0.15, 0.2) is 364 Å². The van der Waals surface area contributed by atoms with Gasteiger partial charge < -0.3 is 18.3 Å². The van der Waals surface area contributed by atoms with Crippen molar-refractivity contribution in [2.24, 2.45) is 0 Å². The maximum atomic E-state index is 5.76. The van der Waals surface area contributed by atoms with Gasteiger partial charge in [-0.05, 0) is 160 Å². The largest absolute Gasteiger partial charge is 0.309 e. The summed E-state index contributed by atoms with van der Waals surface area (Å²) in [5.41, 5.74) is 27.1. The van der Waals surface area contributed by atoms with Crippen molar-refractivity contribution in [3.63, 3.8) is 0 Å². The molecule has 0 amide bonds. The Kier molecular flexibility index (Phi) is 13.2. The lowest BCUT2D eigenvalue weighted by atomic mass is 9.89. The van der Waals surface area contributed by atoms with Crippen molar-refractivity contribution < 1.29 is 0 Å². The zero-order valence-electron chi connectivity index (χ0n) is 54.3. The van der Waals surface area contributed by atoms with Gasteiger partial charge in [0.15, 0.2) is 5.82 Å². The summed E-state index contributed by atoms with van der Waals surface area (Å²) >= 11 is 0. The lowest BCUT2D eigenvalue weighted by molar-refractivity contribution is 1.15. The second-order valence-corrected chi connectivity index (χ2v) is 26.0. The molecule has 0 fully saturated rings. The molecule has 0 aliphatic rings. The van der Waals surface area contributed by atoms with Crippen molar-refractivity contribution in [2.45, 2.75) is 0 Å². The normalized spacial score (nSPS) is 11.8. The van der Waals surface area contributed by atoms with Crippen LogP contribution < -0.4 is 0 Å². The van der Waals surface area contributed by atoms with Crippen molar-refractivity contribution in [3.8, 4) is 101 Å². The van der Waals surface area contributed by atoms with Crippen LogP contribution in [0.1, 0.15) is 0 Å². The molecular formula is C94H60N6. The summed E-state index contributed by atoms with van der Waals surface area (Å²) < 4.78 is 9.61. The molecule has 0 N–H and O–H groups in total. The summed E-state index contributed by atoms with van der Waals surface area (Å²) in [4.78, 5) is 11.5. The average molecular weight is 1270 g/mol. The van der Waals surface area contributed by atoms with Gasteiger partial charge in [0, 0.05) is 82.5 Å². The molecule has 15 aromatic carbocycles. The first kappa shape index (κ1) is 56.9. The van der Waals surface area contributed by atoms with Gasteiger partial charge in [-0.15, -0.1) is 0 Å². The van der Waals surface area contributed by atoms with Crippen LogP contribution in [0.3, 0.4) is 0 Å². The van der Waals surface area contributed by atoms with Gasteiger partial charge in [-0.2, -0.15) is 0 Å². The average Bonchev–Trinajstić information content (AvgIpc) is 1.54. The minimum atomic E-state index is 0.622. The zero-order chi connectivity index (χ0) is 65.8. The Morgan fingerprint density at radius 1 is 0.170 bits per heavy atom. The number of fused-ring (bicyclic) bond motifs is 12. The predicted octanol–water partition coefficient (Wildman–Crippen LogP) is 24.5. The third kappa shape index (κ3) is 9.26. The number of hydrogen-bond acceptors (Lipinski definition) is 2. The molecule has 6 heteroatoms. The molecule has 0 spiro atoms. The topological polar surface area (TPSA) is 45.5 Å². The zero-order valence-corrected chi connectivity index (χ0v) is 54.3. The molecule has 5 heterocycles. The number of hydrogen-bond donors (Lipinski definition) is 0. The van der Waals surface area contributed by atoms with Gasteiger partial charge in [0.25, 0.3) is 0 Å². The van der Waals surface area contributed by atoms with Gasteiger partial charge in [0.2, 0.25) is 0 Å². The second kappa shape index (κ2) is 23.2. The van der Waals surface area contributed by atoms with E-state index in [1.54, 1.807) is 0 Å². The number of nitrogens with zero attached hydrogens (tertiary/aromatic N) is 6. The highest BCUT2D eigenvalue weighted by atomic mass is 15.0. The van der Waals surface area contributed by atoms with Crippen LogP contribution in [0, 0.1) is 0 Å². The SMILES string of the molecule is c1ccc(-c2cccc(-c3ccccc3)c2-c2cc(-c3cccc(-n4c5ccccc5c5ccc(-c6ccc7c(c6)c6ccccc6n7-c6ccccc6)cc54)c3)nc(-c3cccc(-n4c5ccccc5c5ccc(-c6ccc7c(c6)c6ccccc6n7-c6ccccc6)cc54)c3)n2)cc1.